The maximum atomic E-state index is 12.3. The Balaban J connectivity index is 2.02. The molecule has 130 valence electrons. The highest BCUT2D eigenvalue weighted by molar-refractivity contribution is 9.10. The van der Waals surface area contributed by atoms with Crippen molar-refractivity contribution in [3.63, 3.8) is 0 Å². The lowest BCUT2D eigenvalue weighted by molar-refractivity contribution is -0.139. The van der Waals surface area contributed by atoms with Crippen LogP contribution in [0.3, 0.4) is 0 Å². The van der Waals surface area contributed by atoms with Crippen LogP contribution in [0.4, 0.5) is 5.69 Å². The van der Waals surface area contributed by atoms with Gasteiger partial charge in [0.15, 0.2) is 0 Å². The first-order valence-electron chi connectivity index (χ1n) is 7.12. The maximum absolute atomic E-state index is 12.3. The summed E-state index contributed by atoms with van der Waals surface area (Å²) in [4.78, 5) is 35.2. The van der Waals surface area contributed by atoms with Gasteiger partial charge in [0.05, 0.1) is 17.7 Å². The lowest BCUT2D eigenvalue weighted by Gasteiger charge is -2.08. The molecular weight excluding hydrogens is 412 g/mol. The molecule has 2 aromatic carbocycles. The zero-order chi connectivity index (χ0) is 18.4. The van der Waals surface area contributed by atoms with Crippen LogP contribution in [0, 0.1) is 0 Å². The fourth-order valence-electron chi connectivity index (χ4n) is 1.90. The number of ether oxygens (including phenoxy) is 1. The number of amides is 2. The van der Waals surface area contributed by atoms with Crippen LogP contribution in [-0.2, 0) is 9.53 Å². The van der Waals surface area contributed by atoms with Gasteiger partial charge in [-0.25, -0.2) is 0 Å². The van der Waals surface area contributed by atoms with Crippen LogP contribution < -0.4 is 10.6 Å². The molecule has 0 aliphatic carbocycles. The number of nitrogens with one attached hydrogen (secondary N) is 2. The Bertz CT molecular complexity index is 809. The van der Waals surface area contributed by atoms with Gasteiger partial charge in [-0.1, -0.05) is 27.5 Å². The van der Waals surface area contributed by atoms with E-state index in [9.17, 15) is 14.4 Å². The third-order valence-electron chi connectivity index (χ3n) is 3.20. The number of hydrogen-bond donors (Lipinski definition) is 2. The van der Waals surface area contributed by atoms with Crippen LogP contribution in [0.5, 0.6) is 0 Å². The van der Waals surface area contributed by atoms with Crippen molar-refractivity contribution in [3.05, 3.63) is 63.1 Å². The van der Waals surface area contributed by atoms with E-state index in [0.717, 1.165) is 4.47 Å². The molecule has 2 amide bonds. The minimum Gasteiger partial charge on any atom is -0.468 e. The number of anilines is 1. The standard InChI is InChI=1S/C17H14BrClN2O4/c1-25-15(22)9-20-16(23)10-2-5-12(6-3-10)21-17(24)13-8-11(18)4-7-14(13)19/h2-8H,9H2,1H3,(H,20,23)(H,21,24). The molecule has 8 heteroatoms. The van der Waals surface area contributed by atoms with Crippen LogP contribution in [0.15, 0.2) is 46.9 Å². The average molecular weight is 426 g/mol. The third kappa shape index (κ3) is 5.30. The Morgan fingerprint density at radius 2 is 1.76 bits per heavy atom. The Kier molecular flexibility index (Phi) is 6.55. The van der Waals surface area contributed by atoms with Gasteiger partial charge in [0, 0.05) is 15.7 Å². The first-order chi connectivity index (χ1) is 11.9. The number of methoxy groups -OCH3 is 1. The number of benzene rings is 2. The van der Waals surface area contributed by atoms with E-state index in [0.29, 0.717) is 21.8 Å². The SMILES string of the molecule is COC(=O)CNC(=O)c1ccc(NC(=O)c2cc(Br)ccc2Cl)cc1. The zero-order valence-corrected chi connectivity index (χ0v) is 15.5. The number of rotatable bonds is 5. The topological polar surface area (TPSA) is 84.5 Å². The quantitative estimate of drug-likeness (QED) is 0.720. The summed E-state index contributed by atoms with van der Waals surface area (Å²) in [5.74, 6) is -1.32. The van der Waals surface area contributed by atoms with Crippen molar-refractivity contribution in [3.8, 4) is 0 Å². The zero-order valence-electron chi connectivity index (χ0n) is 13.1. The van der Waals surface area contributed by atoms with Gasteiger partial charge in [-0.3, -0.25) is 14.4 Å². The minimum absolute atomic E-state index is 0.213. The summed E-state index contributed by atoms with van der Waals surface area (Å²) in [6.45, 7) is -0.213. The third-order valence-corrected chi connectivity index (χ3v) is 4.02. The van der Waals surface area contributed by atoms with Gasteiger partial charge < -0.3 is 15.4 Å². The lowest BCUT2D eigenvalue weighted by atomic mass is 10.1. The molecule has 0 unspecified atom stereocenters. The smallest absolute Gasteiger partial charge is 0.325 e. The Hall–Kier alpha value is -2.38. The van der Waals surface area contributed by atoms with Gasteiger partial charge in [-0.2, -0.15) is 0 Å². The monoisotopic (exact) mass is 424 g/mol. The number of halogens is 2. The second kappa shape index (κ2) is 8.64. The molecule has 0 spiro atoms. The first kappa shape index (κ1) is 19.0. The van der Waals surface area contributed by atoms with Crippen LogP contribution in [-0.4, -0.2) is 31.4 Å². The predicted octanol–water partition coefficient (Wildman–Crippen LogP) is 3.26. The van der Waals surface area contributed by atoms with E-state index in [2.05, 4.69) is 31.3 Å². The predicted molar refractivity (Wildman–Crippen MR) is 97.9 cm³/mol. The lowest BCUT2D eigenvalue weighted by Crippen LogP contribution is -2.30. The van der Waals surface area contributed by atoms with E-state index in [1.807, 2.05) is 0 Å². The molecule has 25 heavy (non-hydrogen) atoms. The molecule has 0 fully saturated rings. The van der Waals surface area contributed by atoms with E-state index in [1.165, 1.54) is 19.2 Å². The Morgan fingerprint density at radius 1 is 1.08 bits per heavy atom. The molecule has 0 atom stereocenters. The second-order valence-corrected chi connectivity index (χ2v) is 6.24. The van der Waals surface area contributed by atoms with Gasteiger partial charge in [0.25, 0.3) is 11.8 Å². The molecule has 2 aromatic rings. The van der Waals surface area contributed by atoms with E-state index in [-0.39, 0.29) is 12.5 Å². The van der Waals surface area contributed by atoms with Crippen molar-refractivity contribution in [1.82, 2.24) is 5.32 Å². The molecule has 0 saturated carbocycles. The van der Waals surface area contributed by atoms with Crippen molar-refractivity contribution >= 4 is 51.0 Å². The van der Waals surface area contributed by atoms with Crippen molar-refractivity contribution in [2.75, 3.05) is 19.0 Å². The molecule has 2 rings (SSSR count). The van der Waals surface area contributed by atoms with E-state index >= 15 is 0 Å². The van der Waals surface area contributed by atoms with Gasteiger partial charge in [-0.05, 0) is 42.5 Å². The minimum atomic E-state index is -0.539. The summed E-state index contributed by atoms with van der Waals surface area (Å²) in [7, 11) is 1.24. The van der Waals surface area contributed by atoms with Crippen LogP contribution in [0.25, 0.3) is 0 Å². The van der Waals surface area contributed by atoms with Crippen LogP contribution >= 0.6 is 27.5 Å². The molecule has 0 heterocycles. The highest BCUT2D eigenvalue weighted by Crippen LogP contribution is 2.22. The van der Waals surface area contributed by atoms with Crippen molar-refractivity contribution < 1.29 is 19.1 Å². The number of esters is 1. The van der Waals surface area contributed by atoms with Gasteiger partial charge >= 0.3 is 5.97 Å². The normalized spacial score (nSPS) is 10.0. The van der Waals surface area contributed by atoms with Crippen molar-refractivity contribution in [2.24, 2.45) is 0 Å². The molecule has 0 bridgehead atoms. The maximum Gasteiger partial charge on any atom is 0.325 e. The summed E-state index contributed by atoms with van der Waals surface area (Å²) in [5, 5.41) is 5.46. The van der Waals surface area contributed by atoms with Gasteiger partial charge in [-0.15, -0.1) is 0 Å². The number of hydrogen-bond acceptors (Lipinski definition) is 4. The van der Waals surface area contributed by atoms with Crippen molar-refractivity contribution in [1.29, 1.82) is 0 Å². The van der Waals surface area contributed by atoms with E-state index < -0.39 is 11.9 Å². The van der Waals surface area contributed by atoms with Crippen LogP contribution in [0.2, 0.25) is 5.02 Å². The molecule has 6 nitrogen and oxygen atoms in total. The Labute approximate surface area is 157 Å². The van der Waals surface area contributed by atoms with E-state index in [4.69, 9.17) is 11.6 Å². The largest absolute Gasteiger partial charge is 0.468 e. The molecule has 0 saturated heterocycles. The number of carbonyl (C=O) groups is 3. The van der Waals surface area contributed by atoms with Crippen molar-refractivity contribution in [2.45, 2.75) is 0 Å². The molecular formula is C17H14BrClN2O4. The first-order valence-corrected chi connectivity index (χ1v) is 8.29. The van der Waals surface area contributed by atoms with Gasteiger partial charge in [0.1, 0.15) is 6.54 Å². The highest BCUT2D eigenvalue weighted by Gasteiger charge is 2.12. The molecule has 0 aliphatic rings. The number of carbonyl (C=O) groups excluding carboxylic acids is 3. The molecule has 0 aromatic heterocycles. The van der Waals surface area contributed by atoms with E-state index in [1.54, 1.807) is 30.3 Å². The Morgan fingerprint density at radius 3 is 2.40 bits per heavy atom. The highest BCUT2D eigenvalue weighted by atomic mass is 79.9. The summed E-state index contributed by atoms with van der Waals surface area (Å²) in [5.41, 5.74) is 1.18. The fraction of sp³-hybridized carbons (Fsp3) is 0.118. The second-order valence-electron chi connectivity index (χ2n) is 4.91. The summed E-state index contributed by atoms with van der Waals surface area (Å²) >= 11 is 9.31. The molecule has 0 radical (unpaired) electrons. The fourth-order valence-corrected chi connectivity index (χ4v) is 2.47. The molecule has 0 aliphatic heterocycles. The molecule has 2 N–H and O–H groups in total. The summed E-state index contributed by atoms with van der Waals surface area (Å²) < 4.78 is 5.18. The summed E-state index contributed by atoms with van der Waals surface area (Å²) in [6, 6.07) is 11.2. The summed E-state index contributed by atoms with van der Waals surface area (Å²) in [6.07, 6.45) is 0. The van der Waals surface area contributed by atoms with Crippen LogP contribution in [0.1, 0.15) is 20.7 Å². The average Bonchev–Trinajstić information content (AvgIpc) is 2.61. The van der Waals surface area contributed by atoms with Gasteiger partial charge in [0.2, 0.25) is 0 Å².